The molecular weight excluding hydrogens is 454 g/mol. The standard InChI is InChI=1S/C20H29N5O5S2/c1-23(2)8-7-22-32(28,29)16-5-6-17(18(14-16)25(26)27)21-15-19(20-4-3-13-31-20)24-9-11-30-12-10-24/h3-6,13-14,19,21-22H,7-12,15H2,1-2H3. The molecule has 0 aliphatic carbocycles. The van der Waals surface area contributed by atoms with Crippen LogP contribution in [0.1, 0.15) is 10.9 Å². The Kier molecular flexibility index (Phi) is 8.57. The summed E-state index contributed by atoms with van der Waals surface area (Å²) in [5, 5.41) is 16.9. The Morgan fingerprint density at radius 3 is 2.66 bits per heavy atom. The molecule has 1 atom stereocenters. The number of morpholine rings is 1. The van der Waals surface area contributed by atoms with E-state index in [-0.39, 0.29) is 28.9 Å². The Labute approximate surface area is 192 Å². The van der Waals surface area contributed by atoms with Crippen LogP contribution in [0.25, 0.3) is 0 Å². The summed E-state index contributed by atoms with van der Waals surface area (Å²) in [5.74, 6) is 0. The zero-order valence-electron chi connectivity index (χ0n) is 18.2. The first-order chi connectivity index (χ1) is 15.3. The molecule has 0 bridgehead atoms. The Bertz CT molecular complexity index is 992. The van der Waals surface area contributed by atoms with Crippen LogP contribution >= 0.6 is 11.3 Å². The maximum atomic E-state index is 12.5. The number of thiophene rings is 1. The summed E-state index contributed by atoms with van der Waals surface area (Å²) in [7, 11) is -0.175. The second-order valence-electron chi connectivity index (χ2n) is 7.70. The van der Waals surface area contributed by atoms with E-state index in [1.165, 1.54) is 12.1 Å². The molecule has 1 unspecified atom stereocenters. The predicted octanol–water partition coefficient (Wildman–Crippen LogP) is 1.98. The SMILES string of the molecule is CN(C)CCNS(=O)(=O)c1ccc(NCC(c2cccs2)N2CCOCC2)c([N+](=O)[O-])c1. The number of ether oxygens (including phenoxy) is 1. The van der Waals surface area contributed by atoms with Crippen molar-refractivity contribution in [3.05, 3.63) is 50.7 Å². The van der Waals surface area contributed by atoms with Gasteiger partial charge in [0.25, 0.3) is 5.69 Å². The molecule has 0 saturated carbocycles. The van der Waals surface area contributed by atoms with E-state index in [1.807, 2.05) is 30.4 Å². The van der Waals surface area contributed by atoms with Gasteiger partial charge in [-0.25, -0.2) is 13.1 Å². The van der Waals surface area contributed by atoms with E-state index in [4.69, 9.17) is 4.74 Å². The minimum atomic E-state index is -3.84. The lowest BCUT2D eigenvalue weighted by Crippen LogP contribution is -2.41. The lowest BCUT2D eigenvalue weighted by Gasteiger charge is -2.34. The maximum absolute atomic E-state index is 12.5. The Hall–Kier alpha value is -2.09. The van der Waals surface area contributed by atoms with Crippen LogP contribution in [-0.2, 0) is 14.8 Å². The summed E-state index contributed by atoms with van der Waals surface area (Å²) in [6.07, 6.45) is 0. The van der Waals surface area contributed by atoms with Gasteiger partial charge in [-0.15, -0.1) is 11.3 Å². The lowest BCUT2D eigenvalue weighted by molar-refractivity contribution is -0.384. The van der Waals surface area contributed by atoms with E-state index in [0.29, 0.717) is 26.3 Å². The number of hydrogen-bond donors (Lipinski definition) is 2. The number of sulfonamides is 1. The Morgan fingerprint density at radius 1 is 1.28 bits per heavy atom. The van der Waals surface area contributed by atoms with Crippen LogP contribution in [0.5, 0.6) is 0 Å². The van der Waals surface area contributed by atoms with E-state index >= 15 is 0 Å². The monoisotopic (exact) mass is 483 g/mol. The van der Waals surface area contributed by atoms with Crippen LogP contribution < -0.4 is 10.0 Å². The van der Waals surface area contributed by atoms with Gasteiger partial charge in [0.2, 0.25) is 10.0 Å². The maximum Gasteiger partial charge on any atom is 0.293 e. The van der Waals surface area contributed by atoms with Crippen LogP contribution in [0.2, 0.25) is 0 Å². The van der Waals surface area contributed by atoms with Crippen molar-refractivity contribution in [2.45, 2.75) is 10.9 Å². The van der Waals surface area contributed by atoms with Crippen LogP contribution in [0, 0.1) is 10.1 Å². The summed E-state index contributed by atoms with van der Waals surface area (Å²) in [5.41, 5.74) is 0.0180. The molecule has 10 nitrogen and oxygen atoms in total. The summed E-state index contributed by atoms with van der Waals surface area (Å²) in [6, 6.07) is 8.03. The smallest absolute Gasteiger partial charge is 0.293 e. The largest absolute Gasteiger partial charge is 0.379 e. The number of likely N-dealkylation sites (N-methyl/N-ethyl adjacent to an activating group) is 1. The van der Waals surface area contributed by atoms with E-state index in [0.717, 1.165) is 24.0 Å². The van der Waals surface area contributed by atoms with Gasteiger partial charge in [0.05, 0.1) is 29.1 Å². The van der Waals surface area contributed by atoms with Crippen molar-refractivity contribution < 1.29 is 18.1 Å². The number of hydrogen-bond acceptors (Lipinski definition) is 9. The topological polar surface area (TPSA) is 117 Å². The molecule has 1 fully saturated rings. The summed E-state index contributed by atoms with van der Waals surface area (Å²) in [6.45, 7) is 4.04. The van der Waals surface area contributed by atoms with Crippen molar-refractivity contribution in [2.75, 3.05) is 65.3 Å². The van der Waals surface area contributed by atoms with Crippen LogP contribution in [0.15, 0.2) is 40.6 Å². The Balaban J connectivity index is 1.77. The average molecular weight is 484 g/mol. The van der Waals surface area contributed by atoms with Crippen LogP contribution in [-0.4, -0.2) is 83.2 Å². The van der Waals surface area contributed by atoms with E-state index < -0.39 is 14.9 Å². The summed E-state index contributed by atoms with van der Waals surface area (Å²) in [4.78, 5) is 16.3. The Morgan fingerprint density at radius 2 is 2.03 bits per heavy atom. The molecule has 176 valence electrons. The van der Waals surface area contributed by atoms with Gasteiger partial charge in [-0.3, -0.25) is 15.0 Å². The highest BCUT2D eigenvalue weighted by Crippen LogP contribution is 2.31. The highest BCUT2D eigenvalue weighted by atomic mass is 32.2. The van der Waals surface area contributed by atoms with E-state index in [1.54, 1.807) is 11.3 Å². The molecule has 32 heavy (non-hydrogen) atoms. The van der Waals surface area contributed by atoms with Crippen molar-refractivity contribution in [3.8, 4) is 0 Å². The van der Waals surface area contributed by atoms with Gasteiger partial charge in [0.1, 0.15) is 5.69 Å². The summed E-state index contributed by atoms with van der Waals surface area (Å²) < 4.78 is 33.0. The molecule has 0 radical (unpaired) electrons. The van der Waals surface area contributed by atoms with Crippen molar-refractivity contribution in [2.24, 2.45) is 0 Å². The molecule has 1 aliphatic heterocycles. The van der Waals surface area contributed by atoms with Gasteiger partial charge in [-0.2, -0.15) is 0 Å². The van der Waals surface area contributed by atoms with Crippen molar-refractivity contribution >= 4 is 32.7 Å². The molecule has 0 amide bonds. The van der Waals surface area contributed by atoms with Crippen molar-refractivity contribution in [1.29, 1.82) is 0 Å². The molecule has 3 rings (SSSR count). The predicted molar refractivity (Wildman–Crippen MR) is 125 cm³/mol. The summed E-state index contributed by atoms with van der Waals surface area (Å²) >= 11 is 1.64. The molecule has 1 aliphatic rings. The van der Waals surface area contributed by atoms with Gasteiger partial charge in [0.15, 0.2) is 0 Å². The molecule has 0 spiro atoms. The third kappa shape index (κ3) is 6.47. The van der Waals surface area contributed by atoms with Gasteiger partial charge in [0, 0.05) is 43.7 Å². The number of benzene rings is 1. The van der Waals surface area contributed by atoms with Crippen LogP contribution in [0.4, 0.5) is 11.4 Å². The normalized spacial score (nSPS) is 16.2. The van der Waals surface area contributed by atoms with Crippen molar-refractivity contribution in [3.63, 3.8) is 0 Å². The molecule has 2 aromatic rings. The van der Waals surface area contributed by atoms with Crippen LogP contribution in [0.3, 0.4) is 0 Å². The highest BCUT2D eigenvalue weighted by Gasteiger charge is 2.26. The molecule has 1 aromatic heterocycles. The van der Waals surface area contributed by atoms with Gasteiger partial charge >= 0.3 is 0 Å². The molecule has 1 aromatic carbocycles. The second kappa shape index (κ2) is 11.2. The molecule has 1 saturated heterocycles. The zero-order chi connectivity index (χ0) is 23.1. The first kappa shape index (κ1) is 24.6. The molecule has 2 heterocycles. The number of rotatable bonds is 11. The second-order valence-corrected chi connectivity index (χ2v) is 10.4. The fraction of sp³-hybridized carbons (Fsp3) is 0.500. The minimum absolute atomic E-state index is 0.0367. The highest BCUT2D eigenvalue weighted by molar-refractivity contribution is 7.89. The van der Waals surface area contributed by atoms with Gasteiger partial charge in [-0.05, 0) is 37.7 Å². The number of nitro groups is 1. The lowest BCUT2D eigenvalue weighted by atomic mass is 10.1. The van der Waals surface area contributed by atoms with Gasteiger partial charge < -0.3 is 15.0 Å². The molecular formula is C20H29N5O5S2. The number of nitrogens with one attached hydrogen (secondary N) is 2. The number of nitrogens with zero attached hydrogens (tertiary/aromatic N) is 3. The quantitative estimate of drug-likeness (QED) is 0.368. The first-order valence-corrected chi connectivity index (χ1v) is 12.7. The number of anilines is 1. The minimum Gasteiger partial charge on any atom is -0.379 e. The van der Waals surface area contributed by atoms with E-state index in [9.17, 15) is 18.5 Å². The molecule has 2 N–H and O–H groups in total. The molecule has 12 heteroatoms. The fourth-order valence-corrected chi connectivity index (χ4v) is 5.35. The van der Waals surface area contributed by atoms with Gasteiger partial charge in [-0.1, -0.05) is 6.07 Å². The van der Waals surface area contributed by atoms with Crippen molar-refractivity contribution in [1.82, 2.24) is 14.5 Å². The third-order valence-corrected chi connectivity index (χ3v) is 7.60. The fourth-order valence-electron chi connectivity index (χ4n) is 3.45. The first-order valence-electron chi connectivity index (χ1n) is 10.3. The van der Waals surface area contributed by atoms with E-state index in [2.05, 4.69) is 21.0 Å². The number of nitro benzene ring substituents is 1. The zero-order valence-corrected chi connectivity index (χ0v) is 19.8. The third-order valence-electron chi connectivity index (χ3n) is 5.17. The average Bonchev–Trinajstić information content (AvgIpc) is 3.28.